The number of fused-ring (bicyclic) bond motifs is 2. The molecule has 0 aliphatic carbocycles. The Bertz CT molecular complexity index is 1780. The molecule has 38 heavy (non-hydrogen) atoms. The van der Waals surface area contributed by atoms with Crippen LogP contribution in [0.15, 0.2) is 49.2 Å². The number of hydrogen-bond acceptors (Lipinski definition) is 7. The summed E-state index contributed by atoms with van der Waals surface area (Å²) in [5, 5.41) is 7.68. The Hall–Kier alpha value is -4.02. The topological polar surface area (TPSA) is 99.3 Å². The van der Waals surface area contributed by atoms with Crippen molar-refractivity contribution in [2.75, 3.05) is 13.1 Å². The molecule has 1 saturated heterocycles. The summed E-state index contributed by atoms with van der Waals surface area (Å²) in [5.41, 5.74) is 5.34. The molecule has 8 nitrogen and oxygen atoms in total. The van der Waals surface area contributed by atoms with E-state index in [2.05, 4.69) is 54.1 Å². The zero-order valence-electron chi connectivity index (χ0n) is 20.8. The smallest absolute Gasteiger partial charge is 0.161 e. The van der Waals surface area contributed by atoms with Crippen LogP contribution in [0.1, 0.15) is 29.7 Å². The van der Waals surface area contributed by atoms with Crippen LogP contribution in [0.4, 0.5) is 4.39 Å². The Balaban J connectivity index is 1.29. The number of pyridine rings is 3. The van der Waals surface area contributed by atoms with E-state index >= 15 is 4.39 Å². The molecule has 10 heteroatoms. The molecule has 0 spiro atoms. The molecular formula is C28H25FN8S. The minimum atomic E-state index is -0.448. The standard InChI is InChI=1S/C28H25FN8S/c1-16-5-6-22(38-16)19-12-31-13-21-26(19)34-28(33-21)27-23-20(35-36-27)14-32-25(24(23)29)18-9-17(10-30-11-18)15-37-7-3-2-4-8-37/h5-6,9-14H,2-4,7-8,15H2,1H3,(H,33,34)(H,35,36). The van der Waals surface area contributed by atoms with Crippen LogP contribution in [0.5, 0.6) is 0 Å². The number of imidazole rings is 1. The van der Waals surface area contributed by atoms with Crippen LogP contribution in [0.25, 0.3) is 55.2 Å². The molecule has 6 aromatic rings. The van der Waals surface area contributed by atoms with Crippen LogP contribution >= 0.6 is 11.3 Å². The summed E-state index contributed by atoms with van der Waals surface area (Å²) in [7, 11) is 0. The minimum absolute atomic E-state index is 0.251. The van der Waals surface area contributed by atoms with Gasteiger partial charge in [0.15, 0.2) is 11.6 Å². The van der Waals surface area contributed by atoms with Gasteiger partial charge in [-0.1, -0.05) is 6.42 Å². The Kier molecular flexibility index (Phi) is 5.70. The number of nitrogens with zero attached hydrogens (tertiary/aromatic N) is 6. The first kappa shape index (κ1) is 23.1. The number of likely N-dealkylation sites (tertiary alicyclic amines) is 1. The van der Waals surface area contributed by atoms with Gasteiger partial charge >= 0.3 is 0 Å². The van der Waals surface area contributed by atoms with E-state index in [0.29, 0.717) is 28.0 Å². The van der Waals surface area contributed by atoms with Gasteiger partial charge in [0, 0.05) is 46.0 Å². The summed E-state index contributed by atoms with van der Waals surface area (Å²) in [5.74, 6) is 0.0256. The molecule has 0 saturated carbocycles. The highest BCUT2D eigenvalue weighted by Gasteiger charge is 2.22. The number of H-pyrrole nitrogens is 2. The quantitative estimate of drug-likeness (QED) is 0.282. The third-order valence-corrected chi connectivity index (χ3v) is 8.13. The maximum Gasteiger partial charge on any atom is 0.161 e. The molecule has 2 N–H and O–H groups in total. The number of halogens is 1. The van der Waals surface area contributed by atoms with Gasteiger partial charge in [0.1, 0.15) is 16.9 Å². The van der Waals surface area contributed by atoms with E-state index in [9.17, 15) is 0 Å². The lowest BCUT2D eigenvalue weighted by molar-refractivity contribution is 0.220. The van der Waals surface area contributed by atoms with Gasteiger partial charge in [-0.15, -0.1) is 11.3 Å². The Morgan fingerprint density at radius 2 is 1.84 bits per heavy atom. The number of hydrogen-bond donors (Lipinski definition) is 2. The monoisotopic (exact) mass is 524 g/mol. The van der Waals surface area contributed by atoms with Gasteiger partial charge in [-0.25, -0.2) is 9.37 Å². The summed E-state index contributed by atoms with van der Waals surface area (Å²) in [6.45, 7) is 5.05. The first-order valence-electron chi connectivity index (χ1n) is 12.7. The van der Waals surface area contributed by atoms with Gasteiger partial charge < -0.3 is 4.98 Å². The van der Waals surface area contributed by atoms with E-state index in [0.717, 1.165) is 46.7 Å². The number of nitrogens with one attached hydrogen (secondary N) is 2. The average molecular weight is 525 g/mol. The van der Waals surface area contributed by atoms with Crippen LogP contribution < -0.4 is 0 Å². The molecule has 0 amide bonds. The predicted octanol–water partition coefficient (Wildman–Crippen LogP) is 6.12. The summed E-state index contributed by atoms with van der Waals surface area (Å²) in [4.78, 5) is 26.1. The maximum atomic E-state index is 16.1. The minimum Gasteiger partial charge on any atom is -0.335 e. The second kappa shape index (κ2) is 9.38. The highest BCUT2D eigenvalue weighted by Crippen LogP contribution is 2.36. The molecule has 0 bridgehead atoms. The average Bonchev–Trinajstić information content (AvgIpc) is 3.67. The van der Waals surface area contributed by atoms with E-state index in [1.54, 1.807) is 29.9 Å². The highest BCUT2D eigenvalue weighted by atomic mass is 32.1. The Morgan fingerprint density at radius 3 is 2.68 bits per heavy atom. The predicted molar refractivity (Wildman–Crippen MR) is 147 cm³/mol. The van der Waals surface area contributed by atoms with Crippen molar-refractivity contribution < 1.29 is 4.39 Å². The number of aryl methyl sites for hydroxylation is 1. The molecule has 190 valence electrons. The number of aromatic nitrogens is 7. The lowest BCUT2D eigenvalue weighted by atomic mass is 10.1. The number of rotatable bonds is 5. The van der Waals surface area contributed by atoms with Crippen LogP contribution in [0.3, 0.4) is 0 Å². The third kappa shape index (κ3) is 4.06. The lowest BCUT2D eigenvalue weighted by Crippen LogP contribution is -2.29. The molecule has 0 radical (unpaired) electrons. The van der Waals surface area contributed by atoms with Gasteiger partial charge in [-0.05, 0) is 56.6 Å². The van der Waals surface area contributed by atoms with E-state index in [4.69, 9.17) is 4.98 Å². The molecule has 1 aliphatic rings. The molecule has 7 heterocycles. The fourth-order valence-corrected chi connectivity index (χ4v) is 6.11. The first-order chi connectivity index (χ1) is 18.6. The van der Waals surface area contributed by atoms with Crippen molar-refractivity contribution >= 4 is 33.3 Å². The first-order valence-corrected chi connectivity index (χ1v) is 13.6. The van der Waals surface area contributed by atoms with Crippen molar-refractivity contribution in [2.24, 2.45) is 0 Å². The fourth-order valence-electron chi connectivity index (χ4n) is 5.23. The lowest BCUT2D eigenvalue weighted by Gasteiger charge is -2.26. The largest absolute Gasteiger partial charge is 0.335 e. The maximum absolute atomic E-state index is 16.1. The zero-order chi connectivity index (χ0) is 25.6. The van der Waals surface area contributed by atoms with Gasteiger partial charge in [0.25, 0.3) is 0 Å². The van der Waals surface area contributed by atoms with Crippen molar-refractivity contribution in [3.05, 3.63) is 65.4 Å². The van der Waals surface area contributed by atoms with Crippen molar-refractivity contribution in [1.82, 2.24) is 40.0 Å². The van der Waals surface area contributed by atoms with Crippen molar-refractivity contribution in [1.29, 1.82) is 0 Å². The highest BCUT2D eigenvalue weighted by molar-refractivity contribution is 7.15. The van der Waals surface area contributed by atoms with Gasteiger partial charge in [0.05, 0.1) is 28.8 Å². The Labute approximate surface area is 222 Å². The Morgan fingerprint density at radius 1 is 0.974 bits per heavy atom. The van der Waals surface area contributed by atoms with Crippen LogP contribution in [-0.2, 0) is 6.54 Å². The number of thiophene rings is 1. The second-order valence-electron chi connectivity index (χ2n) is 9.78. The van der Waals surface area contributed by atoms with E-state index in [-0.39, 0.29) is 5.69 Å². The molecule has 7 rings (SSSR count). The SMILES string of the molecule is Cc1ccc(-c2cncc3[nH]c(-c4n[nH]c5cnc(-c6cncc(CN7CCCCC7)c6)c(F)c45)nc23)s1. The van der Waals surface area contributed by atoms with Crippen molar-refractivity contribution in [3.63, 3.8) is 0 Å². The van der Waals surface area contributed by atoms with Gasteiger partial charge in [-0.3, -0.25) is 25.0 Å². The number of piperidine rings is 1. The molecule has 0 atom stereocenters. The van der Waals surface area contributed by atoms with Gasteiger partial charge in [0.2, 0.25) is 0 Å². The third-order valence-electron chi connectivity index (χ3n) is 7.09. The molecule has 0 unspecified atom stereocenters. The molecule has 6 aromatic heterocycles. The summed E-state index contributed by atoms with van der Waals surface area (Å²) < 4.78 is 16.1. The molecular weight excluding hydrogens is 499 g/mol. The summed E-state index contributed by atoms with van der Waals surface area (Å²) in [6.07, 6.45) is 12.4. The molecule has 1 aliphatic heterocycles. The normalized spacial score (nSPS) is 14.6. The van der Waals surface area contributed by atoms with E-state index < -0.39 is 5.82 Å². The van der Waals surface area contributed by atoms with E-state index in [1.807, 2.05) is 18.5 Å². The van der Waals surface area contributed by atoms with Gasteiger partial charge in [-0.2, -0.15) is 5.10 Å². The molecule has 0 aromatic carbocycles. The number of aromatic amines is 2. The van der Waals surface area contributed by atoms with Crippen LogP contribution in [0, 0.1) is 12.7 Å². The zero-order valence-corrected chi connectivity index (χ0v) is 21.6. The fraction of sp³-hybridized carbons (Fsp3) is 0.250. The summed E-state index contributed by atoms with van der Waals surface area (Å²) >= 11 is 1.69. The molecule has 1 fully saturated rings. The van der Waals surface area contributed by atoms with Crippen LogP contribution in [-0.4, -0.2) is 53.1 Å². The van der Waals surface area contributed by atoms with Crippen LogP contribution in [0.2, 0.25) is 0 Å². The van der Waals surface area contributed by atoms with Crippen molar-refractivity contribution in [2.45, 2.75) is 32.7 Å². The second-order valence-corrected chi connectivity index (χ2v) is 11.1. The van der Waals surface area contributed by atoms with E-state index in [1.165, 1.54) is 24.1 Å². The summed E-state index contributed by atoms with van der Waals surface area (Å²) in [6, 6.07) is 6.13. The van der Waals surface area contributed by atoms with Crippen molar-refractivity contribution in [3.8, 4) is 33.2 Å².